The molecule has 0 amide bonds. The van der Waals surface area contributed by atoms with Gasteiger partial charge in [-0.25, -0.2) is 19.6 Å². The van der Waals surface area contributed by atoms with E-state index in [0.29, 0.717) is 5.52 Å². The molecule has 2 N–H and O–H groups in total. The van der Waals surface area contributed by atoms with Gasteiger partial charge in [0.1, 0.15) is 12.1 Å². The smallest absolute Gasteiger partial charge is 0.378 e. The second-order valence-electron chi connectivity index (χ2n) is 4.97. The molecule has 134 valence electrons. The van der Waals surface area contributed by atoms with E-state index < -0.39 is 17.7 Å². The number of ether oxygens (including phenoxy) is 2. The van der Waals surface area contributed by atoms with Gasteiger partial charge in [-0.3, -0.25) is 4.79 Å². The second-order valence-corrected chi connectivity index (χ2v) is 4.97. The largest absolute Gasteiger partial charge is 0.494 e. The van der Waals surface area contributed by atoms with E-state index in [1.807, 2.05) is 0 Å². The lowest BCUT2D eigenvalue weighted by Gasteiger charge is -2.06. The van der Waals surface area contributed by atoms with Crippen LogP contribution in [0.3, 0.4) is 0 Å². The summed E-state index contributed by atoms with van der Waals surface area (Å²) >= 11 is 0. The van der Waals surface area contributed by atoms with E-state index in [9.17, 15) is 14.4 Å². The van der Waals surface area contributed by atoms with Crippen molar-refractivity contribution in [2.45, 2.75) is 6.92 Å². The summed E-state index contributed by atoms with van der Waals surface area (Å²) in [5.74, 6) is -3.14. The third-order valence-corrected chi connectivity index (χ3v) is 3.48. The standard InChI is InChI=1S/C15H13N5O6/c1-3-26-15(24)12-18-6-20(19-12)13-10-9(8(25-2)5-17-13)7(4-16-10)11(21)14(22)23/h4-6,16H,3H2,1-2H3,(H,22,23). The Hall–Kier alpha value is -3.76. The predicted octanol–water partition coefficient (Wildman–Crippen LogP) is 0.596. The average molecular weight is 359 g/mol. The van der Waals surface area contributed by atoms with Gasteiger partial charge in [-0.2, -0.15) is 4.68 Å². The number of nitrogens with zero attached hydrogens (tertiary/aromatic N) is 4. The molecule has 3 aromatic rings. The van der Waals surface area contributed by atoms with Gasteiger partial charge in [-0.05, 0) is 6.92 Å². The number of hydrogen-bond acceptors (Lipinski definition) is 8. The molecule has 3 aromatic heterocycles. The lowest BCUT2D eigenvalue weighted by molar-refractivity contribution is -0.131. The van der Waals surface area contributed by atoms with Crippen LogP contribution in [0.25, 0.3) is 16.7 Å². The minimum Gasteiger partial charge on any atom is -0.494 e. The summed E-state index contributed by atoms with van der Waals surface area (Å²) in [4.78, 5) is 45.5. The van der Waals surface area contributed by atoms with Crippen LogP contribution in [0.5, 0.6) is 5.75 Å². The monoisotopic (exact) mass is 359 g/mol. The summed E-state index contributed by atoms with van der Waals surface area (Å²) in [7, 11) is 1.37. The summed E-state index contributed by atoms with van der Waals surface area (Å²) in [6.45, 7) is 1.83. The highest BCUT2D eigenvalue weighted by Crippen LogP contribution is 2.31. The lowest BCUT2D eigenvalue weighted by Crippen LogP contribution is -2.12. The molecule has 3 rings (SSSR count). The molecular formula is C15H13N5O6. The zero-order valence-electron chi connectivity index (χ0n) is 13.7. The van der Waals surface area contributed by atoms with Crippen molar-refractivity contribution in [3.05, 3.63) is 30.1 Å². The van der Waals surface area contributed by atoms with E-state index in [4.69, 9.17) is 14.6 Å². The minimum atomic E-state index is -1.60. The molecule has 0 saturated carbocycles. The number of carboxylic acid groups (broad SMARTS) is 1. The first-order chi connectivity index (χ1) is 12.5. The summed E-state index contributed by atoms with van der Waals surface area (Å²) in [6, 6.07) is 0. The van der Waals surface area contributed by atoms with Gasteiger partial charge in [0.05, 0.1) is 36.4 Å². The first-order valence-corrected chi connectivity index (χ1v) is 7.38. The van der Waals surface area contributed by atoms with Gasteiger partial charge in [-0.15, -0.1) is 5.10 Å². The maximum absolute atomic E-state index is 11.9. The zero-order chi connectivity index (χ0) is 18.8. The lowest BCUT2D eigenvalue weighted by atomic mass is 10.1. The van der Waals surface area contributed by atoms with Crippen LogP contribution >= 0.6 is 0 Å². The van der Waals surface area contributed by atoms with Gasteiger partial charge >= 0.3 is 11.9 Å². The van der Waals surface area contributed by atoms with Crippen molar-refractivity contribution in [2.75, 3.05) is 13.7 Å². The number of aromatic amines is 1. The number of H-pyrrole nitrogens is 1. The van der Waals surface area contributed by atoms with Crippen molar-refractivity contribution in [1.82, 2.24) is 24.7 Å². The topological polar surface area (TPSA) is 149 Å². The number of ketones is 1. The Morgan fingerprint density at radius 1 is 1.31 bits per heavy atom. The number of esters is 1. The predicted molar refractivity (Wildman–Crippen MR) is 85.5 cm³/mol. The molecule has 0 bridgehead atoms. The SMILES string of the molecule is CCOC(=O)c1ncn(-c2ncc(OC)c3c(C(=O)C(=O)O)c[nH]c23)n1. The van der Waals surface area contributed by atoms with Gasteiger partial charge in [0.25, 0.3) is 11.6 Å². The Morgan fingerprint density at radius 2 is 2.08 bits per heavy atom. The molecule has 0 saturated heterocycles. The molecule has 0 atom stereocenters. The Balaban J connectivity index is 2.15. The van der Waals surface area contributed by atoms with Crippen molar-refractivity contribution < 1.29 is 29.0 Å². The van der Waals surface area contributed by atoms with E-state index in [1.165, 1.54) is 30.5 Å². The van der Waals surface area contributed by atoms with Gasteiger partial charge < -0.3 is 19.6 Å². The Morgan fingerprint density at radius 3 is 2.73 bits per heavy atom. The van der Waals surface area contributed by atoms with Crippen molar-refractivity contribution in [2.24, 2.45) is 0 Å². The normalized spacial score (nSPS) is 10.7. The highest BCUT2D eigenvalue weighted by Gasteiger charge is 2.24. The molecule has 0 unspecified atom stereocenters. The van der Waals surface area contributed by atoms with Crippen LogP contribution < -0.4 is 4.74 Å². The Kier molecular flexibility index (Phi) is 4.35. The fourth-order valence-corrected chi connectivity index (χ4v) is 2.38. The molecule has 0 aromatic carbocycles. The molecular weight excluding hydrogens is 346 g/mol. The third-order valence-electron chi connectivity index (χ3n) is 3.48. The first-order valence-electron chi connectivity index (χ1n) is 7.38. The van der Waals surface area contributed by atoms with E-state index in [2.05, 4.69) is 20.1 Å². The number of aliphatic carboxylic acids is 1. The molecule has 0 aliphatic rings. The summed E-state index contributed by atoms with van der Waals surface area (Å²) in [6.07, 6.45) is 3.81. The van der Waals surface area contributed by atoms with Gasteiger partial charge in [0.2, 0.25) is 0 Å². The van der Waals surface area contributed by atoms with Crippen LogP contribution in [-0.4, -0.2) is 61.3 Å². The van der Waals surface area contributed by atoms with Crippen LogP contribution in [-0.2, 0) is 9.53 Å². The fourth-order valence-electron chi connectivity index (χ4n) is 2.38. The number of Topliss-reactive ketones (excluding diaryl/α,β-unsaturated/α-hetero) is 1. The summed E-state index contributed by atoms with van der Waals surface area (Å²) in [5, 5.41) is 13.2. The molecule has 3 heterocycles. The summed E-state index contributed by atoms with van der Waals surface area (Å²) in [5.41, 5.74) is 0.216. The molecule has 0 aliphatic heterocycles. The summed E-state index contributed by atoms with van der Waals surface area (Å²) < 4.78 is 11.2. The van der Waals surface area contributed by atoms with E-state index in [-0.39, 0.29) is 34.9 Å². The van der Waals surface area contributed by atoms with E-state index >= 15 is 0 Å². The number of aromatic nitrogens is 5. The van der Waals surface area contributed by atoms with Crippen LogP contribution in [0.2, 0.25) is 0 Å². The molecule has 11 heteroatoms. The first kappa shape index (κ1) is 17.1. The van der Waals surface area contributed by atoms with Crippen LogP contribution in [0.15, 0.2) is 18.7 Å². The minimum absolute atomic E-state index is 0.0845. The molecule has 0 radical (unpaired) electrons. The van der Waals surface area contributed by atoms with Crippen molar-refractivity contribution in [3.8, 4) is 11.6 Å². The number of nitrogens with one attached hydrogen (secondary N) is 1. The number of rotatable bonds is 6. The van der Waals surface area contributed by atoms with Gasteiger partial charge in [0.15, 0.2) is 5.82 Å². The number of carboxylic acids is 1. The molecule has 0 spiro atoms. The Labute approximate surface area is 145 Å². The molecule has 0 aliphatic carbocycles. The maximum atomic E-state index is 11.9. The maximum Gasteiger partial charge on any atom is 0.378 e. The van der Waals surface area contributed by atoms with Crippen molar-refractivity contribution >= 4 is 28.6 Å². The van der Waals surface area contributed by atoms with Crippen LogP contribution in [0.4, 0.5) is 0 Å². The van der Waals surface area contributed by atoms with Gasteiger partial charge in [0, 0.05) is 6.20 Å². The number of carbonyl (C=O) groups is 3. The van der Waals surface area contributed by atoms with Crippen molar-refractivity contribution in [3.63, 3.8) is 0 Å². The highest BCUT2D eigenvalue weighted by molar-refractivity contribution is 6.42. The average Bonchev–Trinajstić information content (AvgIpc) is 3.28. The zero-order valence-corrected chi connectivity index (χ0v) is 13.7. The fraction of sp³-hybridized carbons (Fsp3) is 0.200. The van der Waals surface area contributed by atoms with E-state index in [0.717, 1.165) is 0 Å². The van der Waals surface area contributed by atoms with Gasteiger partial charge in [-0.1, -0.05) is 0 Å². The number of pyridine rings is 1. The molecule has 0 fully saturated rings. The quantitative estimate of drug-likeness (QED) is 0.366. The molecule has 11 nitrogen and oxygen atoms in total. The molecule has 26 heavy (non-hydrogen) atoms. The highest BCUT2D eigenvalue weighted by atomic mass is 16.5. The third kappa shape index (κ3) is 2.75. The Bertz CT molecular complexity index is 1020. The van der Waals surface area contributed by atoms with Crippen LogP contribution in [0, 0.1) is 0 Å². The number of fused-ring (bicyclic) bond motifs is 1. The number of methoxy groups -OCH3 is 1. The van der Waals surface area contributed by atoms with E-state index in [1.54, 1.807) is 6.92 Å². The second kappa shape index (κ2) is 6.63. The van der Waals surface area contributed by atoms with Crippen LogP contribution in [0.1, 0.15) is 27.9 Å². The number of hydrogen-bond donors (Lipinski definition) is 2. The number of carbonyl (C=O) groups excluding carboxylic acids is 2. The van der Waals surface area contributed by atoms with Crippen molar-refractivity contribution in [1.29, 1.82) is 0 Å².